The fourth-order valence-corrected chi connectivity index (χ4v) is 2.29. The smallest absolute Gasteiger partial charge is 0.304 e. The third-order valence-corrected chi connectivity index (χ3v) is 3.30. The Morgan fingerprint density at radius 2 is 2.27 bits per heavy atom. The average Bonchev–Trinajstić information content (AvgIpc) is 3.00. The van der Waals surface area contributed by atoms with Crippen molar-refractivity contribution in [2.24, 2.45) is 10.9 Å². The normalized spacial score (nSPS) is 22.8. The molecule has 0 radical (unpaired) electrons. The van der Waals surface area contributed by atoms with Gasteiger partial charge in [0.15, 0.2) is 29.8 Å². The second kappa shape index (κ2) is 6.71. The van der Waals surface area contributed by atoms with Crippen LogP contribution < -0.4 is 14.8 Å². The summed E-state index contributed by atoms with van der Waals surface area (Å²) < 4.78 is 31.2. The van der Waals surface area contributed by atoms with Gasteiger partial charge in [-0.15, -0.1) is 12.4 Å². The minimum atomic E-state index is -1.12. The molecule has 0 spiro atoms. The summed E-state index contributed by atoms with van der Waals surface area (Å²) in [5.41, 5.74) is 0. The second-order valence-corrected chi connectivity index (χ2v) is 5.57. The summed E-state index contributed by atoms with van der Waals surface area (Å²) in [6, 6.07) is 4.59. The molecule has 0 fully saturated rings. The van der Waals surface area contributed by atoms with Crippen molar-refractivity contribution in [3.63, 3.8) is 0 Å². The number of rotatable bonds is 4. The highest BCUT2D eigenvalue weighted by molar-refractivity contribution is 5.91. The number of ether oxygens (including phenoxy) is 3. The third kappa shape index (κ3) is 3.13. The van der Waals surface area contributed by atoms with Gasteiger partial charge in [-0.05, 0) is 18.1 Å². The summed E-state index contributed by atoms with van der Waals surface area (Å²) in [4.78, 5) is 4.39. The van der Waals surface area contributed by atoms with Gasteiger partial charge >= 0.3 is 5.79 Å². The lowest BCUT2D eigenvalue weighted by Crippen LogP contribution is -2.58. The van der Waals surface area contributed by atoms with Crippen LogP contribution >= 0.6 is 12.4 Å². The Bertz CT molecular complexity index is 568. The van der Waals surface area contributed by atoms with E-state index in [4.69, 9.17) is 14.2 Å². The topological polar surface area (TPSA) is 52.1 Å². The summed E-state index contributed by atoms with van der Waals surface area (Å²) in [6.07, 6.45) is 0. The number of aliphatic imine (C=N–C) groups is 1. The molecule has 1 N–H and O–H groups in total. The van der Waals surface area contributed by atoms with E-state index >= 15 is 0 Å². The van der Waals surface area contributed by atoms with Gasteiger partial charge in [0.2, 0.25) is 0 Å². The molecule has 2 aliphatic rings. The summed E-state index contributed by atoms with van der Waals surface area (Å²) in [7, 11) is 0. The fourth-order valence-electron chi connectivity index (χ4n) is 2.29. The number of fused-ring (bicyclic) bond motifs is 1. The zero-order valence-electron chi connectivity index (χ0n) is 12.6. The predicted molar refractivity (Wildman–Crippen MR) is 83.6 cm³/mol. The van der Waals surface area contributed by atoms with Gasteiger partial charge in [-0.25, -0.2) is 4.39 Å². The molecule has 122 valence electrons. The Morgan fingerprint density at radius 3 is 2.95 bits per heavy atom. The van der Waals surface area contributed by atoms with Crippen molar-refractivity contribution in [1.82, 2.24) is 5.32 Å². The lowest BCUT2D eigenvalue weighted by atomic mass is 10.2. The van der Waals surface area contributed by atoms with E-state index in [2.05, 4.69) is 24.2 Å². The van der Waals surface area contributed by atoms with Crippen LogP contribution in [0, 0.1) is 11.7 Å². The van der Waals surface area contributed by atoms with Crippen LogP contribution in [-0.4, -0.2) is 37.9 Å². The molecule has 1 aromatic carbocycles. The molecule has 0 bridgehead atoms. The van der Waals surface area contributed by atoms with E-state index in [1.807, 2.05) is 0 Å². The fraction of sp³-hybridized carbons (Fsp3) is 0.533. The number of hydrogen-bond donors (Lipinski definition) is 1. The first-order valence-electron chi connectivity index (χ1n) is 7.14. The standard InChI is InChI=1S/C15H19FN2O3.ClH/c1-10(2)8-20-15(14-17-6-7-18-14)9-19-13-11(16)4-3-5-12(13)21-15;/h3-5,10H,6-9H2,1-2H3,(H,17,18);1H. The minimum absolute atomic E-state index is 0. The van der Waals surface area contributed by atoms with Crippen LogP contribution in [0.4, 0.5) is 4.39 Å². The van der Waals surface area contributed by atoms with E-state index in [1.54, 1.807) is 12.1 Å². The molecule has 0 saturated carbocycles. The van der Waals surface area contributed by atoms with Crippen molar-refractivity contribution in [1.29, 1.82) is 0 Å². The molecule has 1 unspecified atom stereocenters. The molecule has 2 heterocycles. The molecule has 0 aliphatic carbocycles. The lowest BCUT2D eigenvalue weighted by molar-refractivity contribution is -0.170. The largest absolute Gasteiger partial charge is 0.479 e. The summed E-state index contributed by atoms with van der Waals surface area (Å²) in [5.74, 6) is -0.159. The Hall–Kier alpha value is -1.53. The zero-order chi connectivity index (χ0) is 14.9. The number of benzene rings is 1. The number of para-hydroxylation sites is 1. The van der Waals surface area contributed by atoms with Gasteiger partial charge in [-0.1, -0.05) is 19.9 Å². The van der Waals surface area contributed by atoms with Gasteiger partial charge < -0.3 is 19.5 Å². The number of hydrogen-bond acceptors (Lipinski definition) is 5. The predicted octanol–water partition coefficient (Wildman–Crippen LogP) is 2.39. The molecular formula is C15H20ClFN2O3. The van der Waals surface area contributed by atoms with Crippen LogP contribution in [0.25, 0.3) is 0 Å². The Kier molecular flexibility index (Phi) is 5.13. The van der Waals surface area contributed by atoms with E-state index in [9.17, 15) is 4.39 Å². The molecule has 1 aromatic rings. The van der Waals surface area contributed by atoms with Gasteiger partial charge in [-0.2, -0.15) is 0 Å². The molecule has 0 aromatic heterocycles. The molecule has 3 rings (SSSR count). The van der Waals surface area contributed by atoms with E-state index < -0.39 is 11.6 Å². The van der Waals surface area contributed by atoms with Gasteiger partial charge in [0.1, 0.15) is 0 Å². The summed E-state index contributed by atoms with van der Waals surface area (Å²) in [5, 5.41) is 3.16. The highest BCUT2D eigenvalue weighted by atomic mass is 35.5. The van der Waals surface area contributed by atoms with Crippen LogP contribution in [0.5, 0.6) is 11.5 Å². The zero-order valence-corrected chi connectivity index (χ0v) is 13.4. The number of halogens is 2. The number of nitrogens with one attached hydrogen (secondary N) is 1. The molecule has 22 heavy (non-hydrogen) atoms. The van der Waals surface area contributed by atoms with Gasteiger partial charge in [0.25, 0.3) is 0 Å². The second-order valence-electron chi connectivity index (χ2n) is 5.57. The van der Waals surface area contributed by atoms with Crippen molar-refractivity contribution in [3.8, 4) is 11.5 Å². The monoisotopic (exact) mass is 330 g/mol. The van der Waals surface area contributed by atoms with Crippen molar-refractivity contribution in [3.05, 3.63) is 24.0 Å². The molecule has 2 aliphatic heterocycles. The SMILES string of the molecule is CC(C)COC1(C2=NCCN2)COc2c(F)cccc2O1.Cl. The first kappa shape index (κ1) is 16.8. The highest BCUT2D eigenvalue weighted by Crippen LogP contribution is 2.38. The quantitative estimate of drug-likeness (QED) is 0.921. The maximum Gasteiger partial charge on any atom is 0.304 e. The van der Waals surface area contributed by atoms with Crippen LogP contribution in [0.15, 0.2) is 23.2 Å². The Labute approximate surface area is 135 Å². The maximum absolute atomic E-state index is 13.7. The van der Waals surface area contributed by atoms with Crippen LogP contribution in [0.2, 0.25) is 0 Å². The molecule has 5 nitrogen and oxygen atoms in total. The Balaban J connectivity index is 0.00000176. The van der Waals surface area contributed by atoms with Crippen LogP contribution in [0.3, 0.4) is 0 Å². The van der Waals surface area contributed by atoms with E-state index in [0.717, 1.165) is 6.54 Å². The van der Waals surface area contributed by atoms with Crippen molar-refractivity contribution >= 4 is 18.2 Å². The summed E-state index contributed by atoms with van der Waals surface area (Å²) in [6.45, 7) is 6.07. The number of amidine groups is 1. The molecule has 0 amide bonds. The van der Waals surface area contributed by atoms with E-state index in [-0.39, 0.29) is 24.8 Å². The van der Waals surface area contributed by atoms with Crippen molar-refractivity contribution in [2.45, 2.75) is 19.6 Å². The minimum Gasteiger partial charge on any atom is -0.479 e. The van der Waals surface area contributed by atoms with Crippen LogP contribution in [0.1, 0.15) is 13.8 Å². The average molecular weight is 331 g/mol. The molecular weight excluding hydrogens is 311 g/mol. The first-order chi connectivity index (χ1) is 10.1. The van der Waals surface area contributed by atoms with Crippen molar-refractivity contribution < 1.29 is 18.6 Å². The van der Waals surface area contributed by atoms with Crippen LogP contribution in [-0.2, 0) is 4.74 Å². The Morgan fingerprint density at radius 1 is 1.45 bits per heavy atom. The highest BCUT2D eigenvalue weighted by Gasteiger charge is 2.46. The van der Waals surface area contributed by atoms with E-state index in [0.29, 0.717) is 30.7 Å². The van der Waals surface area contributed by atoms with Gasteiger partial charge in [-0.3, -0.25) is 4.99 Å². The van der Waals surface area contributed by atoms with E-state index in [1.165, 1.54) is 6.07 Å². The molecule has 7 heteroatoms. The molecule has 1 atom stereocenters. The third-order valence-electron chi connectivity index (χ3n) is 3.30. The molecule has 0 saturated heterocycles. The lowest BCUT2D eigenvalue weighted by Gasteiger charge is -2.38. The van der Waals surface area contributed by atoms with Crippen molar-refractivity contribution in [2.75, 3.05) is 26.3 Å². The number of nitrogens with zero attached hydrogens (tertiary/aromatic N) is 1. The van der Waals surface area contributed by atoms with Gasteiger partial charge in [0.05, 0.1) is 13.2 Å². The summed E-state index contributed by atoms with van der Waals surface area (Å²) >= 11 is 0. The van der Waals surface area contributed by atoms with Gasteiger partial charge in [0, 0.05) is 6.54 Å². The maximum atomic E-state index is 13.7. The first-order valence-corrected chi connectivity index (χ1v) is 7.14.